The molecule has 0 atom stereocenters. The molecule has 1 aliphatic heterocycles. The quantitative estimate of drug-likeness (QED) is 0.564. The Bertz CT molecular complexity index is 667. The summed E-state index contributed by atoms with van der Waals surface area (Å²) in [5.74, 6) is 1.34. The number of anilines is 1. The largest absolute Gasteiger partial charge is 0.370 e. The van der Waals surface area contributed by atoms with E-state index in [0.29, 0.717) is 12.5 Å². The van der Waals surface area contributed by atoms with Crippen molar-refractivity contribution in [2.45, 2.75) is 6.42 Å². The number of piperazine rings is 1. The lowest BCUT2D eigenvalue weighted by Gasteiger charge is -2.34. The van der Waals surface area contributed by atoms with Gasteiger partial charge in [0.05, 0.1) is 6.54 Å². The van der Waals surface area contributed by atoms with Gasteiger partial charge in [-0.2, -0.15) is 0 Å². The van der Waals surface area contributed by atoms with Gasteiger partial charge < -0.3 is 16.0 Å². The van der Waals surface area contributed by atoms with Crippen LogP contribution in [0.15, 0.2) is 53.8 Å². The highest BCUT2D eigenvalue weighted by Crippen LogP contribution is 2.09. The first-order valence-electron chi connectivity index (χ1n) is 9.13. The molecule has 7 nitrogen and oxygen atoms in total. The first-order valence-corrected chi connectivity index (χ1v) is 9.13. The van der Waals surface area contributed by atoms with Crippen molar-refractivity contribution >= 4 is 11.9 Å². The lowest BCUT2D eigenvalue weighted by molar-refractivity contribution is 0.264. The van der Waals surface area contributed by atoms with E-state index in [0.717, 1.165) is 51.6 Å². The van der Waals surface area contributed by atoms with E-state index in [1.54, 1.807) is 12.4 Å². The highest BCUT2D eigenvalue weighted by molar-refractivity contribution is 5.77. The Morgan fingerprint density at radius 2 is 1.77 bits per heavy atom. The molecular weight excluding hydrogens is 326 g/mol. The summed E-state index contributed by atoms with van der Waals surface area (Å²) in [6, 6.07) is 12.2. The molecule has 7 heteroatoms. The molecule has 0 amide bonds. The smallest absolute Gasteiger partial charge is 0.225 e. The van der Waals surface area contributed by atoms with E-state index in [2.05, 4.69) is 54.3 Å². The highest BCUT2D eigenvalue weighted by Gasteiger charge is 2.17. The Morgan fingerprint density at radius 1 is 1.04 bits per heavy atom. The number of nitrogens with two attached hydrogens (primary N) is 1. The Morgan fingerprint density at radius 3 is 2.50 bits per heavy atom. The molecule has 2 heterocycles. The fourth-order valence-electron chi connectivity index (χ4n) is 2.97. The van der Waals surface area contributed by atoms with Gasteiger partial charge in [0.2, 0.25) is 5.95 Å². The molecule has 3 rings (SSSR count). The van der Waals surface area contributed by atoms with Crippen LogP contribution in [0.3, 0.4) is 0 Å². The van der Waals surface area contributed by atoms with Crippen molar-refractivity contribution in [3.63, 3.8) is 0 Å². The summed E-state index contributed by atoms with van der Waals surface area (Å²) in [6.45, 7) is 6.31. The Hall–Kier alpha value is -2.67. The van der Waals surface area contributed by atoms with Gasteiger partial charge in [0.25, 0.3) is 0 Å². The monoisotopic (exact) mass is 353 g/mol. The van der Waals surface area contributed by atoms with Gasteiger partial charge in [-0.25, -0.2) is 9.97 Å². The lowest BCUT2D eigenvalue weighted by Crippen LogP contribution is -2.47. The van der Waals surface area contributed by atoms with Crippen LogP contribution in [0, 0.1) is 0 Å². The average Bonchev–Trinajstić information content (AvgIpc) is 2.70. The minimum absolute atomic E-state index is 0.525. The number of rotatable bonds is 7. The van der Waals surface area contributed by atoms with E-state index < -0.39 is 0 Å². The zero-order valence-electron chi connectivity index (χ0n) is 15.1. The van der Waals surface area contributed by atoms with Gasteiger partial charge in [0, 0.05) is 51.7 Å². The molecule has 1 saturated heterocycles. The average molecular weight is 353 g/mol. The van der Waals surface area contributed by atoms with Crippen LogP contribution in [0.2, 0.25) is 0 Å². The summed E-state index contributed by atoms with van der Waals surface area (Å²) >= 11 is 0. The second kappa shape index (κ2) is 9.72. The summed E-state index contributed by atoms with van der Waals surface area (Å²) in [5.41, 5.74) is 7.25. The van der Waals surface area contributed by atoms with Crippen molar-refractivity contribution in [3.05, 3.63) is 54.4 Å². The number of guanidine groups is 1. The van der Waals surface area contributed by atoms with Gasteiger partial charge in [-0.15, -0.1) is 0 Å². The van der Waals surface area contributed by atoms with Crippen LogP contribution < -0.4 is 16.0 Å². The minimum atomic E-state index is 0.525. The van der Waals surface area contributed by atoms with Crippen LogP contribution in [0.5, 0.6) is 0 Å². The third-order valence-corrected chi connectivity index (χ3v) is 4.47. The predicted molar refractivity (Wildman–Crippen MR) is 105 cm³/mol. The minimum Gasteiger partial charge on any atom is -0.370 e. The molecule has 0 spiro atoms. The summed E-state index contributed by atoms with van der Waals surface area (Å²) in [5, 5.41) is 3.18. The number of aromatic nitrogens is 2. The van der Waals surface area contributed by atoms with E-state index in [9.17, 15) is 0 Å². The second-order valence-corrected chi connectivity index (χ2v) is 6.31. The number of benzene rings is 1. The van der Waals surface area contributed by atoms with Crippen LogP contribution in [0.25, 0.3) is 0 Å². The van der Waals surface area contributed by atoms with E-state index in [-0.39, 0.29) is 0 Å². The van der Waals surface area contributed by atoms with E-state index >= 15 is 0 Å². The standard InChI is InChI=1S/C19H27N7/c20-18(21-10-7-17-5-2-1-3-6-17)22-11-12-25-13-15-26(16-14-25)19-23-8-4-9-24-19/h1-6,8-9H,7,10-16H2,(H3,20,21,22). The van der Waals surface area contributed by atoms with Crippen molar-refractivity contribution in [3.8, 4) is 0 Å². The second-order valence-electron chi connectivity index (χ2n) is 6.31. The van der Waals surface area contributed by atoms with Gasteiger partial charge in [-0.3, -0.25) is 9.89 Å². The van der Waals surface area contributed by atoms with Crippen LogP contribution >= 0.6 is 0 Å². The van der Waals surface area contributed by atoms with Gasteiger partial charge in [-0.1, -0.05) is 30.3 Å². The SMILES string of the molecule is NC(=NCCN1CCN(c2ncccn2)CC1)NCCc1ccccc1. The Labute approximate surface area is 155 Å². The molecule has 0 radical (unpaired) electrons. The topological polar surface area (TPSA) is 82.7 Å². The Kier molecular flexibility index (Phi) is 6.78. The van der Waals surface area contributed by atoms with Crippen molar-refractivity contribution < 1.29 is 0 Å². The highest BCUT2D eigenvalue weighted by atomic mass is 15.3. The maximum absolute atomic E-state index is 5.95. The predicted octanol–water partition coefficient (Wildman–Crippen LogP) is 0.746. The number of nitrogens with zero attached hydrogens (tertiary/aromatic N) is 5. The maximum atomic E-state index is 5.95. The molecule has 1 aromatic carbocycles. The number of aliphatic imine (C=N–C) groups is 1. The number of nitrogens with one attached hydrogen (secondary N) is 1. The van der Waals surface area contributed by atoms with Crippen LogP contribution in [-0.4, -0.2) is 66.6 Å². The van der Waals surface area contributed by atoms with Gasteiger partial charge >= 0.3 is 0 Å². The lowest BCUT2D eigenvalue weighted by atomic mass is 10.1. The fraction of sp³-hybridized carbons (Fsp3) is 0.421. The first-order chi connectivity index (χ1) is 12.8. The van der Waals surface area contributed by atoms with Gasteiger partial charge in [-0.05, 0) is 18.1 Å². The van der Waals surface area contributed by atoms with Crippen molar-refractivity contribution in [1.82, 2.24) is 20.2 Å². The summed E-state index contributed by atoms with van der Waals surface area (Å²) in [7, 11) is 0. The molecule has 0 unspecified atom stereocenters. The molecule has 1 fully saturated rings. The molecule has 3 N–H and O–H groups in total. The molecule has 1 aromatic heterocycles. The molecule has 26 heavy (non-hydrogen) atoms. The molecule has 0 bridgehead atoms. The molecule has 138 valence electrons. The molecule has 0 saturated carbocycles. The van der Waals surface area contributed by atoms with E-state index in [1.165, 1.54) is 5.56 Å². The summed E-state index contributed by atoms with van der Waals surface area (Å²) < 4.78 is 0. The van der Waals surface area contributed by atoms with Gasteiger partial charge in [0.15, 0.2) is 5.96 Å². The maximum Gasteiger partial charge on any atom is 0.225 e. The third-order valence-electron chi connectivity index (χ3n) is 4.47. The van der Waals surface area contributed by atoms with E-state index in [4.69, 9.17) is 5.73 Å². The summed E-state index contributed by atoms with van der Waals surface area (Å²) in [6.07, 6.45) is 4.52. The van der Waals surface area contributed by atoms with Crippen LogP contribution in [0.1, 0.15) is 5.56 Å². The fourth-order valence-corrected chi connectivity index (χ4v) is 2.97. The van der Waals surface area contributed by atoms with Gasteiger partial charge in [0.1, 0.15) is 0 Å². The number of hydrogen-bond donors (Lipinski definition) is 2. The zero-order valence-corrected chi connectivity index (χ0v) is 15.1. The first kappa shape index (κ1) is 18.1. The van der Waals surface area contributed by atoms with Crippen LogP contribution in [0.4, 0.5) is 5.95 Å². The zero-order chi connectivity index (χ0) is 18.0. The Balaban J connectivity index is 1.31. The van der Waals surface area contributed by atoms with Crippen molar-refractivity contribution in [2.75, 3.05) is 50.7 Å². The third kappa shape index (κ3) is 5.70. The van der Waals surface area contributed by atoms with Crippen molar-refractivity contribution in [1.29, 1.82) is 0 Å². The van der Waals surface area contributed by atoms with Crippen molar-refractivity contribution in [2.24, 2.45) is 10.7 Å². The molecule has 2 aromatic rings. The summed E-state index contributed by atoms with van der Waals surface area (Å²) in [4.78, 5) is 17.7. The van der Waals surface area contributed by atoms with Crippen LogP contribution in [-0.2, 0) is 6.42 Å². The normalized spacial score (nSPS) is 15.8. The van der Waals surface area contributed by atoms with E-state index in [1.807, 2.05) is 12.1 Å². The molecule has 0 aliphatic carbocycles. The molecular formula is C19H27N7. The number of hydrogen-bond acceptors (Lipinski definition) is 5. The molecule has 1 aliphatic rings.